The second kappa shape index (κ2) is 9.65. The van der Waals surface area contributed by atoms with Crippen molar-refractivity contribution in [3.05, 3.63) is 64.8 Å². The minimum Gasteiger partial charge on any atom is -0.298 e. The fourth-order valence-electron chi connectivity index (χ4n) is 4.29. The Morgan fingerprint density at radius 3 is 2.64 bits per heavy atom. The van der Waals surface area contributed by atoms with Crippen molar-refractivity contribution in [2.24, 2.45) is 5.92 Å². The highest BCUT2D eigenvalue weighted by Gasteiger charge is 2.34. The topological polar surface area (TPSA) is 53.5 Å². The number of alkyl halides is 3. The SMILES string of the molecule is O=C(CN1CCN(c2ccccn2)C(=O)C1)C1CC=C(c2ccc(Cl)c(C(F)(F)F)c2)CC1. The number of pyridine rings is 1. The molecule has 1 unspecified atom stereocenters. The normalized spacial score (nSPS) is 20.0. The quantitative estimate of drug-likeness (QED) is 0.617. The molecule has 4 rings (SSSR count). The van der Waals surface area contributed by atoms with E-state index in [4.69, 9.17) is 11.6 Å². The van der Waals surface area contributed by atoms with Crippen LogP contribution in [0.3, 0.4) is 0 Å². The Kier molecular flexibility index (Phi) is 6.86. The summed E-state index contributed by atoms with van der Waals surface area (Å²) >= 11 is 5.71. The number of benzene rings is 1. The zero-order chi connectivity index (χ0) is 23.6. The summed E-state index contributed by atoms with van der Waals surface area (Å²) in [6.45, 7) is 1.39. The molecule has 33 heavy (non-hydrogen) atoms. The van der Waals surface area contributed by atoms with Crippen LogP contribution < -0.4 is 4.90 Å². The molecular weight excluding hydrogens is 455 g/mol. The summed E-state index contributed by atoms with van der Waals surface area (Å²) in [7, 11) is 0. The Bertz CT molecular complexity index is 1070. The van der Waals surface area contributed by atoms with Gasteiger partial charge >= 0.3 is 6.18 Å². The fourth-order valence-corrected chi connectivity index (χ4v) is 4.52. The van der Waals surface area contributed by atoms with Gasteiger partial charge in [0.25, 0.3) is 0 Å². The summed E-state index contributed by atoms with van der Waals surface area (Å²) in [5.41, 5.74) is 0.421. The molecule has 0 bridgehead atoms. The van der Waals surface area contributed by atoms with Gasteiger partial charge in [-0.25, -0.2) is 4.98 Å². The number of carbonyl (C=O) groups excluding carboxylic acids is 2. The molecule has 1 aromatic heterocycles. The molecular formula is C24H23ClF3N3O2. The first-order valence-electron chi connectivity index (χ1n) is 10.7. The Hall–Kier alpha value is -2.71. The average Bonchev–Trinajstić information content (AvgIpc) is 2.79. The highest BCUT2D eigenvalue weighted by molar-refractivity contribution is 6.31. The number of amides is 1. The average molecular weight is 478 g/mol. The van der Waals surface area contributed by atoms with Crippen LogP contribution in [0.25, 0.3) is 5.57 Å². The van der Waals surface area contributed by atoms with Crippen LogP contribution in [-0.4, -0.2) is 47.8 Å². The summed E-state index contributed by atoms with van der Waals surface area (Å²) in [6.07, 6.45) is 0.522. The molecule has 1 fully saturated rings. The van der Waals surface area contributed by atoms with Crippen molar-refractivity contribution in [3.63, 3.8) is 0 Å². The van der Waals surface area contributed by atoms with Crippen molar-refractivity contribution in [1.29, 1.82) is 0 Å². The predicted octanol–water partition coefficient (Wildman–Crippen LogP) is 4.86. The first kappa shape index (κ1) is 23.4. The molecule has 2 aromatic rings. The van der Waals surface area contributed by atoms with Gasteiger partial charge in [-0.2, -0.15) is 13.2 Å². The Labute approximate surface area is 194 Å². The summed E-state index contributed by atoms with van der Waals surface area (Å²) in [5, 5.41) is -0.326. The second-order valence-electron chi connectivity index (χ2n) is 8.30. The zero-order valence-corrected chi connectivity index (χ0v) is 18.6. The maximum atomic E-state index is 13.2. The number of hydrogen-bond donors (Lipinski definition) is 0. The van der Waals surface area contributed by atoms with Crippen LogP contribution in [0.5, 0.6) is 0 Å². The molecule has 1 saturated heterocycles. The van der Waals surface area contributed by atoms with Gasteiger partial charge < -0.3 is 0 Å². The third kappa shape index (κ3) is 5.45. The maximum Gasteiger partial charge on any atom is 0.417 e. The lowest BCUT2D eigenvalue weighted by molar-refractivity contribution is -0.137. The van der Waals surface area contributed by atoms with E-state index >= 15 is 0 Å². The monoisotopic (exact) mass is 477 g/mol. The number of allylic oxidation sites excluding steroid dienone is 2. The van der Waals surface area contributed by atoms with Crippen molar-refractivity contribution in [2.45, 2.75) is 25.4 Å². The summed E-state index contributed by atoms with van der Waals surface area (Å²) in [5.74, 6) is 0.361. The van der Waals surface area contributed by atoms with Gasteiger partial charge in [0.1, 0.15) is 11.6 Å². The molecule has 2 heterocycles. The van der Waals surface area contributed by atoms with E-state index in [1.165, 1.54) is 6.07 Å². The number of piperazine rings is 1. The minimum atomic E-state index is -4.52. The summed E-state index contributed by atoms with van der Waals surface area (Å²) < 4.78 is 39.5. The third-order valence-corrected chi connectivity index (χ3v) is 6.44. The van der Waals surface area contributed by atoms with Gasteiger partial charge in [0.15, 0.2) is 0 Å². The molecule has 0 saturated carbocycles. The van der Waals surface area contributed by atoms with Crippen molar-refractivity contribution in [2.75, 3.05) is 31.1 Å². The van der Waals surface area contributed by atoms with E-state index in [2.05, 4.69) is 4.98 Å². The van der Waals surface area contributed by atoms with E-state index < -0.39 is 11.7 Å². The molecule has 5 nitrogen and oxygen atoms in total. The standard InChI is InChI=1S/C24H23ClF3N3O2/c25-20-9-8-18(13-19(20)24(26,27)28)16-4-6-17(7-5-16)21(32)14-30-11-12-31(23(33)15-30)22-3-1-2-10-29-22/h1-4,8-10,13,17H,5-7,11-12,14-15H2. The van der Waals surface area contributed by atoms with Gasteiger partial charge in [-0.05, 0) is 54.7 Å². The number of ketones is 1. The lowest BCUT2D eigenvalue weighted by atomic mass is 9.84. The fraction of sp³-hybridized carbons (Fsp3) is 0.375. The van der Waals surface area contributed by atoms with E-state index in [1.54, 1.807) is 29.3 Å². The van der Waals surface area contributed by atoms with E-state index in [1.807, 2.05) is 17.0 Å². The highest BCUT2D eigenvalue weighted by atomic mass is 35.5. The molecule has 9 heteroatoms. The van der Waals surface area contributed by atoms with Gasteiger partial charge in [0.2, 0.25) is 5.91 Å². The number of nitrogens with zero attached hydrogens (tertiary/aromatic N) is 3. The molecule has 0 radical (unpaired) electrons. The molecule has 1 atom stereocenters. The van der Waals surface area contributed by atoms with Crippen LogP contribution in [0, 0.1) is 5.92 Å². The molecule has 2 aliphatic rings. The first-order valence-corrected chi connectivity index (χ1v) is 11.1. The Balaban J connectivity index is 1.34. The van der Waals surface area contributed by atoms with Crippen molar-refractivity contribution >= 4 is 34.7 Å². The number of halogens is 4. The number of carbonyl (C=O) groups is 2. The van der Waals surface area contributed by atoms with E-state index in [0.717, 1.165) is 11.6 Å². The van der Waals surface area contributed by atoms with Crippen LogP contribution in [0.15, 0.2) is 48.7 Å². The second-order valence-corrected chi connectivity index (χ2v) is 8.71. The van der Waals surface area contributed by atoms with Crippen LogP contribution in [-0.2, 0) is 15.8 Å². The molecule has 1 amide bonds. The molecule has 1 aliphatic carbocycles. The van der Waals surface area contributed by atoms with Gasteiger partial charge in [-0.1, -0.05) is 29.8 Å². The van der Waals surface area contributed by atoms with Gasteiger partial charge in [0, 0.05) is 25.2 Å². The van der Waals surface area contributed by atoms with E-state index in [0.29, 0.717) is 43.7 Å². The van der Waals surface area contributed by atoms with Crippen LogP contribution in [0.2, 0.25) is 5.02 Å². The number of Topliss-reactive ketones (excluding diaryl/α,β-unsaturated/α-hetero) is 1. The van der Waals surface area contributed by atoms with Crippen LogP contribution >= 0.6 is 11.6 Å². The minimum absolute atomic E-state index is 0.0523. The predicted molar refractivity (Wildman–Crippen MR) is 120 cm³/mol. The zero-order valence-electron chi connectivity index (χ0n) is 17.8. The van der Waals surface area contributed by atoms with Gasteiger partial charge in [0.05, 0.1) is 23.7 Å². The van der Waals surface area contributed by atoms with Crippen LogP contribution in [0.1, 0.15) is 30.4 Å². The summed E-state index contributed by atoms with van der Waals surface area (Å²) in [6, 6.07) is 9.31. The molecule has 1 aromatic carbocycles. The molecule has 1 aliphatic heterocycles. The van der Waals surface area contributed by atoms with Crippen LogP contribution in [0.4, 0.5) is 19.0 Å². The number of rotatable bonds is 5. The lowest BCUT2D eigenvalue weighted by Crippen LogP contribution is -2.52. The van der Waals surface area contributed by atoms with Crippen molar-refractivity contribution in [3.8, 4) is 0 Å². The Morgan fingerprint density at radius 2 is 2.00 bits per heavy atom. The largest absolute Gasteiger partial charge is 0.417 e. The molecule has 0 N–H and O–H groups in total. The highest BCUT2D eigenvalue weighted by Crippen LogP contribution is 2.38. The number of aromatic nitrogens is 1. The van der Waals surface area contributed by atoms with Crippen molar-refractivity contribution < 1.29 is 22.8 Å². The van der Waals surface area contributed by atoms with Gasteiger partial charge in [-0.3, -0.25) is 19.4 Å². The Morgan fingerprint density at radius 1 is 1.18 bits per heavy atom. The first-order chi connectivity index (χ1) is 15.7. The molecule has 174 valence electrons. The van der Waals surface area contributed by atoms with Gasteiger partial charge in [-0.15, -0.1) is 0 Å². The van der Waals surface area contributed by atoms with E-state index in [-0.39, 0.29) is 35.7 Å². The number of anilines is 1. The number of hydrogen-bond acceptors (Lipinski definition) is 4. The lowest BCUT2D eigenvalue weighted by Gasteiger charge is -2.34. The van der Waals surface area contributed by atoms with Crippen molar-refractivity contribution in [1.82, 2.24) is 9.88 Å². The summed E-state index contributed by atoms with van der Waals surface area (Å²) in [4.78, 5) is 33.0. The third-order valence-electron chi connectivity index (χ3n) is 6.11. The van der Waals surface area contributed by atoms with E-state index in [9.17, 15) is 22.8 Å². The smallest absolute Gasteiger partial charge is 0.298 e. The maximum absolute atomic E-state index is 13.2. The molecule has 0 spiro atoms.